The molecule has 3 heteroatoms. The maximum atomic E-state index is 13.4. The fraction of sp³-hybridized carbons (Fsp3) is 0.409. The molecule has 2 aliphatic rings. The molecular weight excluding hydrogens is 308 g/mol. The number of carbonyl (C=O) groups is 1. The van der Waals surface area contributed by atoms with Gasteiger partial charge in [-0.25, -0.2) is 0 Å². The van der Waals surface area contributed by atoms with Crippen molar-refractivity contribution in [2.45, 2.75) is 37.8 Å². The summed E-state index contributed by atoms with van der Waals surface area (Å²) in [5.41, 5.74) is 3.80. The van der Waals surface area contributed by atoms with Crippen LogP contribution in [0, 0.1) is 0 Å². The molecule has 1 amide bonds. The molecule has 0 saturated carbocycles. The first-order chi connectivity index (χ1) is 12.2. The zero-order valence-electron chi connectivity index (χ0n) is 14.9. The molecule has 3 nitrogen and oxygen atoms in total. The Hall–Kier alpha value is -2.13. The van der Waals surface area contributed by atoms with Crippen molar-refractivity contribution in [2.24, 2.45) is 0 Å². The third kappa shape index (κ3) is 3.34. The highest BCUT2D eigenvalue weighted by atomic mass is 16.2. The van der Waals surface area contributed by atoms with Crippen molar-refractivity contribution in [2.75, 3.05) is 20.1 Å². The molecule has 1 fully saturated rings. The zero-order valence-corrected chi connectivity index (χ0v) is 14.9. The molecule has 0 bridgehead atoms. The van der Waals surface area contributed by atoms with E-state index in [9.17, 15) is 4.79 Å². The molecule has 0 unspecified atom stereocenters. The number of fused-ring (bicyclic) bond motifs is 1. The van der Waals surface area contributed by atoms with Crippen molar-refractivity contribution < 1.29 is 4.79 Å². The lowest BCUT2D eigenvalue weighted by Crippen LogP contribution is -2.49. The summed E-state index contributed by atoms with van der Waals surface area (Å²) in [6, 6.07) is 19.2. The van der Waals surface area contributed by atoms with Crippen LogP contribution in [0.5, 0.6) is 0 Å². The maximum Gasteiger partial charge on any atom is 0.231 e. The predicted octanol–water partition coefficient (Wildman–Crippen LogP) is 3.45. The number of piperidine rings is 1. The normalized spacial score (nSPS) is 20.6. The Morgan fingerprint density at radius 1 is 1.04 bits per heavy atom. The van der Waals surface area contributed by atoms with Crippen LogP contribution in [0.15, 0.2) is 54.6 Å². The highest BCUT2D eigenvalue weighted by Gasteiger charge is 2.37. The fourth-order valence-corrected chi connectivity index (χ4v) is 4.15. The molecule has 1 aliphatic heterocycles. The number of nitrogens with zero attached hydrogens (tertiary/aromatic N) is 2. The lowest BCUT2D eigenvalue weighted by Gasteiger charge is -2.41. The van der Waals surface area contributed by atoms with Crippen molar-refractivity contribution in [3.63, 3.8) is 0 Å². The van der Waals surface area contributed by atoms with Crippen molar-refractivity contribution in [1.29, 1.82) is 0 Å². The summed E-state index contributed by atoms with van der Waals surface area (Å²) in [5.74, 6) is 0.372. The van der Waals surface area contributed by atoms with E-state index in [0.29, 0.717) is 11.9 Å². The first-order valence-electron chi connectivity index (χ1n) is 9.33. The lowest BCUT2D eigenvalue weighted by atomic mass is 9.76. The smallest absolute Gasteiger partial charge is 0.231 e. The number of benzene rings is 2. The van der Waals surface area contributed by atoms with Crippen LogP contribution < -0.4 is 0 Å². The monoisotopic (exact) mass is 334 g/mol. The van der Waals surface area contributed by atoms with Gasteiger partial charge >= 0.3 is 0 Å². The highest BCUT2D eigenvalue weighted by Crippen LogP contribution is 2.37. The molecule has 0 aromatic heterocycles. The minimum Gasteiger partial charge on any atom is -0.335 e. The first kappa shape index (κ1) is 16.3. The molecule has 0 spiro atoms. The topological polar surface area (TPSA) is 23.6 Å². The van der Waals surface area contributed by atoms with E-state index >= 15 is 0 Å². The van der Waals surface area contributed by atoms with Gasteiger partial charge < -0.3 is 9.80 Å². The Labute approximate surface area is 150 Å². The quantitative estimate of drug-likeness (QED) is 0.855. The molecule has 25 heavy (non-hydrogen) atoms. The van der Waals surface area contributed by atoms with Gasteiger partial charge in [0.05, 0.1) is 5.92 Å². The van der Waals surface area contributed by atoms with Gasteiger partial charge in [0.25, 0.3) is 0 Å². The Morgan fingerprint density at radius 2 is 1.72 bits per heavy atom. The minimum absolute atomic E-state index is 0.0552. The summed E-state index contributed by atoms with van der Waals surface area (Å²) in [6.45, 7) is 2.88. The molecule has 0 N–H and O–H groups in total. The molecule has 1 aliphatic carbocycles. The minimum atomic E-state index is 0.0552. The molecule has 4 rings (SSSR count). The summed E-state index contributed by atoms with van der Waals surface area (Å²) < 4.78 is 0. The van der Waals surface area contributed by atoms with E-state index in [1.807, 2.05) is 6.07 Å². The number of rotatable bonds is 4. The van der Waals surface area contributed by atoms with Crippen LogP contribution in [0.1, 0.15) is 35.4 Å². The molecule has 2 aromatic carbocycles. The Kier molecular flexibility index (Phi) is 4.58. The van der Waals surface area contributed by atoms with Gasteiger partial charge in [-0.15, -0.1) is 0 Å². The van der Waals surface area contributed by atoms with Crippen LogP contribution in [-0.2, 0) is 17.8 Å². The van der Waals surface area contributed by atoms with E-state index in [4.69, 9.17) is 0 Å². The van der Waals surface area contributed by atoms with Gasteiger partial charge in [0.15, 0.2) is 0 Å². The molecule has 1 saturated heterocycles. The van der Waals surface area contributed by atoms with Crippen LogP contribution in [0.4, 0.5) is 0 Å². The number of amides is 1. The molecule has 2 aromatic rings. The van der Waals surface area contributed by atoms with Crippen molar-refractivity contribution in [1.82, 2.24) is 9.80 Å². The Bertz CT molecular complexity index is 735. The third-order valence-corrected chi connectivity index (χ3v) is 5.76. The third-order valence-electron chi connectivity index (χ3n) is 5.76. The number of likely N-dealkylation sites (tertiary alicyclic amines) is 1. The van der Waals surface area contributed by atoms with Crippen molar-refractivity contribution in [3.05, 3.63) is 71.3 Å². The standard InChI is InChI=1S/C22H26N2O/c1-23-13-11-19(12-14-23)24(16-17-7-3-2-4-8-17)22(25)21-15-18-9-5-6-10-20(18)21/h2-10,19,21H,11-16H2,1H3/t21-/m1/s1. The second kappa shape index (κ2) is 7.01. The second-order valence-corrected chi connectivity index (χ2v) is 7.44. The number of hydrogen-bond donors (Lipinski definition) is 0. The summed E-state index contributed by atoms with van der Waals surface area (Å²) in [6.07, 6.45) is 3.04. The van der Waals surface area contributed by atoms with Gasteiger partial charge in [-0.3, -0.25) is 4.79 Å². The maximum absolute atomic E-state index is 13.4. The van der Waals surface area contributed by atoms with Crippen LogP contribution in [-0.4, -0.2) is 41.9 Å². The average molecular weight is 334 g/mol. The molecular formula is C22H26N2O. The van der Waals surface area contributed by atoms with E-state index in [0.717, 1.165) is 38.9 Å². The summed E-state index contributed by atoms with van der Waals surface area (Å²) in [5, 5.41) is 0. The van der Waals surface area contributed by atoms with Gasteiger partial charge in [0.1, 0.15) is 0 Å². The van der Waals surface area contributed by atoms with E-state index < -0.39 is 0 Å². The highest BCUT2D eigenvalue weighted by molar-refractivity contribution is 5.87. The van der Waals surface area contributed by atoms with Gasteiger partial charge in [0, 0.05) is 12.6 Å². The molecule has 130 valence electrons. The SMILES string of the molecule is CN1CCC(N(Cc2ccccc2)C(=O)[C@@H]2Cc3ccccc32)CC1. The van der Waals surface area contributed by atoms with Gasteiger partial charge in [-0.05, 0) is 56.1 Å². The first-order valence-corrected chi connectivity index (χ1v) is 9.33. The predicted molar refractivity (Wildman–Crippen MR) is 100 cm³/mol. The van der Waals surface area contributed by atoms with Crippen LogP contribution in [0.2, 0.25) is 0 Å². The van der Waals surface area contributed by atoms with Crippen LogP contribution in [0.25, 0.3) is 0 Å². The summed E-state index contributed by atoms with van der Waals surface area (Å²) >= 11 is 0. The van der Waals surface area contributed by atoms with Gasteiger partial charge in [-0.1, -0.05) is 54.6 Å². The molecule has 0 radical (unpaired) electrons. The second-order valence-electron chi connectivity index (χ2n) is 7.44. The number of hydrogen-bond acceptors (Lipinski definition) is 2. The summed E-state index contributed by atoms with van der Waals surface area (Å²) in [4.78, 5) is 17.9. The van der Waals surface area contributed by atoms with E-state index in [-0.39, 0.29) is 5.92 Å². The zero-order chi connectivity index (χ0) is 17.2. The molecule has 1 atom stereocenters. The average Bonchev–Trinajstić information content (AvgIpc) is 2.62. The van der Waals surface area contributed by atoms with Crippen LogP contribution >= 0.6 is 0 Å². The van der Waals surface area contributed by atoms with E-state index in [2.05, 4.69) is 65.4 Å². The van der Waals surface area contributed by atoms with Crippen molar-refractivity contribution in [3.8, 4) is 0 Å². The van der Waals surface area contributed by atoms with Gasteiger partial charge in [0.2, 0.25) is 5.91 Å². The largest absolute Gasteiger partial charge is 0.335 e. The lowest BCUT2D eigenvalue weighted by molar-refractivity contribution is -0.137. The van der Waals surface area contributed by atoms with E-state index in [1.165, 1.54) is 16.7 Å². The Balaban J connectivity index is 1.56. The fourth-order valence-electron chi connectivity index (χ4n) is 4.15. The molecule has 1 heterocycles. The Morgan fingerprint density at radius 3 is 2.44 bits per heavy atom. The summed E-state index contributed by atoms with van der Waals surface area (Å²) in [7, 11) is 2.17. The number of carbonyl (C=O) groups excluding carboxylic acids is 1. The van der Waals surface area contributed by atoms with Crippen LogP contribution in [0.3, 0.4) is 0 Å². The van der Waals surface area contributed by atoms with Crippen molar-refractivity contribution >= 4 is 5.91 Å². The van der Waals surface area contributed by atoms with E-state index in [1.54, 1.807) is 0 Å². The van der Waals surface area contributed by atoms with Gasteiger partial charge in [-0.2, -0.15) is 0 Å².